The van der Waals surface area contributed by atoms with Crippen molar-refractivity contribution in [2.24, 2.45) is 0 Å². The van der Waals surface area contributed by atoms with Crippen LogP contribution in [-0.2, 0) is 4.79 Å². The lowest BCUT2D eigenvalue weighted by atomic mass is 10.3. The van der Waals surface area contributed by atoms with Crippen LogP contribution in [0.15, 0.2) is 36.9 Å². The average molecular weight is 191 g/mol. The van der Waals surface area contributed by atoms with Gasteiger partial charge in [0.05, 0.1) is 0 Å². The lowest BCUT2D eigenvalue weighted by Gasteiger charge is -2.04. The highest BCUT2D eigenvalue weighted by atomic mass is 16.5. The summed E-state index contributed by atoms with van der Waals surface area (Å²) in [6.07, 6.45) is 1.68. The van der Waals surface area contributed by atoms with Gasteiger partial charge in [0.2, 0.25) is 5.91 Å². The number of amides is 1. The van der Waals surface area contributed by atoms with Crippen LogP contribution in [0.5, 0.6) is 5.75 Å². The predicted octanol–water partition coefficient (Wildman–Crippen LogP) is 2.21. The highest BCUT2D eigenvalue weighted by molar-refractivity contribution is 5.88. The van der Waals surface area contributed by atoms with Gasteiger partial charge in [-0.15, -0.1) is 0 Å². The third kappa shape index (κ3) is 3.31. The molecule has 0 unspecified atom stereocenters. The molecule has 3 heteroatoms. The molecule has 1 aromatic carbocycles. The fourth-order valence-electron chi connectivity index (χ4n) is 0.993. The van der Waals surface area contributed by atoms with Gasteiger partial charge in [0, 0.05) is 12.6 Å². The van der Waals surface area contributed by atoms with Crippen molar-refractivity contribution in [3.8, 4) is 5.75 Å². The summed E-state index contributed by atoms with van der Waals surface area (Å²) < 4.78 is 5.28. The van der Waals surface area contributed by atoms with Gasteiger partial charge in [-0.2, -0.15) is 0 Å². The van der Waals surface area contributed by atoms with E-state index in [9.17, 15) is 4.79 Å². The summed E-state index contributed by atoms with van der Waals surface area (Å²) >= 11 is 0. The first-order valence-corrected chi connectivity index (χ1v) is 4.33. The van der Waals surface area contributed by atoms with Crippen LogP contribution < -0.4 is 10.1 Å². The Morgan fingerprint density at radius 1 is 1.50 bits per heavy atom. The molecule has 1 aromatic rings. The number of carbonyl (C=O) groups is 1. The Morgan fingerprint density at radius 3 is 2.64 bits per heavy atom. The maximum atomic E-state index is 10.7. The quantitative estimate of drug-likeness (QED) is 0.741. The van der Waals surface area contributed by atoms with E-state index in [0.29, 0.717) is 6.61 Å². The van der Waals surface area contributed by atoms with E-state index in [1.54, 1.807) is 30.3 Å². The first-order chi connectivity index (χ1) is 6.72. The molecule has 1 rings (SSSR count). The van der Waals surface area contributed by atoms with Gasteiger partial charge in [0.25, 0.3) is 0 Å². The number of nitrogens with one attached hydrogen (secondary N) is 1. The molecule has 0 aliphatic heterocycles. The van der Waals surface area contributed by atoms with E-state index in [-0.39, 0.29) is 5.91 Å². The highest BCUT2D eigenvalue weighted by Gasteiger charge is 1.95. The Balaban J connectivity index is 2.58. The van der Waals surface area contributed by atoms with E-state index in [2.05, 4.69) is 11.9 Å². The van der Waals surface area contributed by atoms with Gasteiger partial charge in [-0.1, -0.05) is 12.7 Å². The predicted molar refractivity (Wildman–Crippen MR) is 56.4 cm³/mol. The molecule has 1 N–H and O–H groups in total. The fraction of sp³-hybridized carbons (Fsp3) is 0.182. The minimum Gasteiger partial charge on any atom is -0.490 e. The van der Waals surface area contributed by atoms with Crippen LogP contribution in [0.2, 0.25) is 0 Å². The first kappa shape index (κ1) is 10.3. The molecule has 1 amide bonds. The van der Waals surface area contributed by atoms with Crippen LogP contribution >= 0.6 is 0 Å². The third-order valence-corrected chi connectivity index (χ3v) is 1.54. The zero-order valence-corrected chi connectivity index (χ0v) is 8.12. The monoisotopic (exact) mass is 191 g/mol. The second-order valence-corrected chi connectivity index (χ2v) is 2.81. The summed E-state index contributed by atoms with van der Waals surface area (Å²) in [4.78, 5) is 10.7. The molecule has 0 aliphatic carbocycles. The second kappa shape index (κ2) is 5.07. The fourth-order valence-corrected chi connectivity index (χ4v) is 0.993. The van der Waals surface area contributed by atoms with Crippen LogP contribution in [0.1, 0.15) is 6.92 Å². The third-order valence-electron chi connectivity index (χ3n) is 1.54. The topological polar surface area (TPSA) is 38.3 Å². The van der Waals surface area contributed by atoms with E-state index in [0.717, 1.165) is 11.4 Å². The van der Waals surface area contributed by atoms with Gasteiger partial charge in [-0.3, -0.25) is 4.79 Å². The van der Waals surface area contributed by atoms with Crippen molar-refractivity contribution in [3.05, 3.63) is 36.9 Å². The van der Waals surface area contributed by atoms with E-state index < -0.39 is 0 Å². The zero-order chi connectivity index (χ0) is 10.4. The molecule has 3 nitrogen and oxygen atoms in total. The molecule has 0 radical (unpaired) electrons. The van der Waals surface area contributed by atoms with Gasteiger partial charge >= 0.3 is 0 Å². The first-order valence-electron chi connectivity index (χ1n) is 4.33. The van der Waals surface area contributed by atoms with Crippen molar-refractivity contribution < 1.29 is 9.53 Å². The van der Waals surface area contributed by atoms with Crippen molar-refractivity contribution in [2.45, 2.75) is 6.92 Å². The van der Waals surface area contributed by atoms with Crippen molar-refractivity contribution in [2.75, 3.05) is 11.9 Å². The molecule has 0 aromatic heterocycles. The van der Waals surface area contributed by atoms with Crippen molar-refractivity contribution >= 4 is 11.6 Å². The van der Waals surface area contributed by atoms with Gasteiger partial charge < -0.3 is 10.1 Å². The van der Waals surface area contributed by atoms with Crippen molar-refractivity contribution in [3.63, 3.8) is 0 Å². The number of benzene rings is 1. The smallest absolute Gasteiger partial charge is 0.221 e. The molecule has 0 bridgehead atoms. The Morgan fingerprint density at radius 2 is 2.14 bits per heavy atom. The summed E-state index contributed by atoms with van der Waals surface area (Å²) in [6.45, 7) is 5.51. The molecule has 0 heterocycles. The summed E-state index contributed by atoms with van der Waals surface area (Å²) in [6, 6.07) is 7.18. The standard InChI is InChI=1S/C11H13NO2/c1-3-8-14-11-6-4-10(5-7-11)12-9(2)13/h3-7H,1,8H2,2H3,(H,12,13). The van der Waals surface area contributed by atoms with Crippen LogP contribution in [0.25, 0.3) is 0 Å². The lowest BCUT2D eigenvalue weighted by molar-refractivity contribution is -0.114. The lowest BCUT2D eigenvalue weighted by Crippen LogP contribution is -2.05. The van der Waals surface area contributed by atoms with Crippen molar-refractivity contribution in [1.29, 1.82) is 0 Å². The molecule has 0 saturated carbocycles. The van der Waals surface area contributed by atoms with Gasteiger partial charge in [-0.05, 0) is 24.3 Å². The minimum atomic E-state index is -0.0789. The Hall–Kier alpha value is -1.77. The van der Waals surface area contributed by atoms with E-state index in [1.807, 2.05) is 0 Å². The minimum absolute atomic E-state index is 0.0789. The molecule has 0 fully saturated rings. The van der Waals surface area contributed by atoms with E-state index >= 15 is 0 Å². The van der Waals surface area contributed by atoms with Gasteiger partial charge in [0.15, 0.2) is 0 Å². The molecule has 0 atom stereocenters. The number of ether oxygens (including phenoxy) is 1. The number of hydrogen-bond acceptors (Lipinski definition) is 2. The average Bonchev–Trinajstić information content (AvgIpc) is 2.16. The summed E-state index contributed by atoms with van der Waals surface area (Å²) in [5.41, 5.74) is 0.767. The Labute approximate surface area is 83.4 Å². The van der Waals surface area contributed by atoms with Crippen LogP contribution in [-0.4, -0.2) is 12.5 Å². The van der Waals surface area contributed by atoms with Crippen LogP contribution in [0, 0.1) is 0 Å². The zero-order valence-electron chi connectivity index (χ0n) is 8.12. The normalized spacial score (nSPS) is 9.21. The molecular formula is C11H13NO2. The molecule has 74 valence electrons. The maximum absolute atomic E-state index is 10.7. The largest absolute Gasteiger partial charge is 0.490 e. The van der Waals surface area contributed by atoms with E-state index in [1.165, 1.54) is 6.92 Å². The number of rotatable bonds is 4. The molecule has 0 aliphatic rings. The molecule has 0 spiro atoms. The molecule has 0 saturated heterocycles. The Kier molecular flexibility index (Phi) is 3.73. The van der Waals surface area contributed by atoms with Gasteiger partial charge in [0.1, 0.15) is 12.4 Å². The SMILES string of the molecule is C=CCOc1ccc(NC(C)=O)cc1. The molecular weight excluding hydrogens is 178 g/mol. The van der Waals surface area contributed by atoms with Crippen molar-refractivity contribution in [1.82, 2.24) is 0 Å². The van der Waals surface area contributed by atoms with Crippen LogP contribution in [0.3, 0.4) is 0 Å². The summed E-state index contributed by atoms with van der Waals surface area (Å²) in [5.74, 6) is 0.684. The summed E-state index contributed by atoms with van der Waals surface area (Å²) in [7, 11) is 0. The van der Waals surface area contributed by atoms with E-state index in [4.69, 9.17) is 4.74 Å². The number of carbonyl (C=O) groups excluding carboxylic acids is 1. The van der Waals surface area contributed by atoms with Gasteiger partial charge in [-0.25, -0.2) is 0 Å². The Bertz CT molecular complexity index is 317. The number of hydrogen-bond donors (Lipinski definition) is 1. The highest BCUT2D eigenvalue weighted by Crippen LogP contribution is 2.15. The maximum Gasteiger partial charge on any atom is 0.221 e. The van der Waals surface area contributed by atoms with Crippen LogP contribution in [0.4, 0.5) is 5.69 Å². The summed E-state index contributed by atoms with van der Waals surface area (Å²) in [5, 5.41) is 2.67. The molecule has 14 heavy (non-hydrogen) atoms. The second-order valence-electron chi connectivity index (χ2n) is 2.81. The number of anilines is 1.